The molecule has 2 aromatic rings. The zero-order valence-electron chi connectivity index (χ0n) is 15.8. The van der Waals surface area contributed by atoms with Crippen molar-refractivity contribution in [3.8, 4) is 0 Å². The second kappa shape index (κ2) is 8.33. The van der Waals surface area contributed by atoms with E-state index in [2.05, 4.69) is 25.4 Å². The number of hydrogen-bond acceptors (Lipinski definition) is 6. The van der Waals surface area contributed by atoms with Gasteiger partial charge in [-0.3, -0.25) is 14.6 Å². The molecule has 1 aliphatic carbocycles. The molecule has 0 aromatic carbocycles. The largest absolute Gasteiger partial charge is 0.352 e. The van der Waals surface area contributed by atoms with Crippen LogP contribution in [-0.2, 0) is 0 Å². The molecule has 28 heavy (non-hydrogen) atoms. The van der Waals surface area contributed by atoms with E-state index < -0.39 is 0 Å². The van der Waals surface area contributed by atoms with Gasteiger partial charge >= 0.3 is 0 Å². The summed E-state index contributed by atoms with van der Waals surface area (Å²) in [7, 11) is 0. The van der Waals surface area contributed by atoms with Gasteiger partial charge in [-0.05, 0) is 36.6 Å². The first kappa shape index (κ1) is 18.3. The molecule has 1 saturated heterocycles. The number of nitrogens with zero attached hydrogens (tertiary/aromatic N) is 5. The molecule has 8 heteroatoms. The van der Waals surface area contributed by atoms with Crippen LogP contribution in [0.5, 0.6) is 0 Å². The first-order chi connectivity index (χ1) is 13.7. The van der Waals surface area contributed by atoms with Gasteiger partial charge in [0.1, 0.15) is 5.69 Å². The zero-order chi connectivity index (χ0) is 19.3. The van der Waals surface area contributed by atoms with Crippen molar-refractivity contribution < 1.29 is 9.59 Å². The highest BCUT2D eigenvalue weighted by molar-refractivity contribution is 5.92. The van der Waals surface area contributed by atoms with Gasteiger partial charge < -0.3 is 15.1 Å². The Labute approximate surface area is 164 Å². The summed E-state index contributed by atoms with van der Waals surface area (Å²) in [6.07, 6.45) is 5.23. The van der Waals surface area contributed by atoms with Crippen LogP contribution in [0.15, 0.2) is 36.5 Å². The fraction of sp³-hybridized carbons (Fsp3) is 0.450. The Morgan fingerprint density at radius 3 is 2.46 bits per heavy atom. The molecule has 2 aromatic heterocycles. The van der Waals surface area contributed by atoms with E-state index in [0.29, 0.717) is 44.1 Å². The van der Waals surface area contributed by atoms with Gasteiger partial charge in [-0.2, -0.15) is 0 Å². The molecule has 1 aliphatic heterocycles. The van der Waals surface area contributed by atoms with Crippen molar-refractivity contribution in [2.75, 3.05) is 37.6 Å². The van der Waals surface area contributed by atoms with Crippen LogP contribution in [-0.4, -0.2) is 64.6 Å². The van der Waals surface area contributed by atoms with Crippen LogP contribution in [0.2, 0.25) is 0 Å². The molecular formula is C20H24N6O2. The summed E-state index contributed by atoms with van der Waals surface area (Å²) < 4.78 is 0. The van der Waals surface area contributed by atoms with Crippen molar-refractivity contribution >= 4 is 17.6 Å². The van der Waals surface area contributed by atoms with Crippen molar-refractivity contribution in [3.05, 3.63) is 47.9 Å². The number of anilines is 1. The molecule has 2 fully saturated rings. The van der Waals surface area contributed by atoms with Gasteiger partial charge in [-0.25, -0.2) is 0 Å². The third-order valence-electron chi connectivity index (χ3n) is 5.19. The van der Waals surface area contributed by atoms with Crippen molar-refractivity contribution in [1.82, 2.24) is 25.4 Å². The van der Waals surface area contributed by atoms with Gasteiger partial charge in [0, 0.05) is 38.9 Å². The highest BCUT2D eigenvalue weighted by atomic mass is 16.2. The highest BCUT2D eigenvalue weighted by Crippen LogP contribution is 2.31. The van der Waals surface area contributed by atoms with Crippen LogP contribution in [0.3, 0.4) is 0 Å². The summed E-state index contributed by atoms with van der Waals surface area (Å²) in [5, 5.41) is 11.2. The normalized spacial score (nSPS) is 16.7. The number of nitrogens with one attached hydrogen (secondary N) is 1. The van der Waals surface area contributed by atoms with Gasteiger partial charge in [0.2, 0.25) is 0 Å². The molecule has 0 bridgehead atoms. The molecule has 8 nitrogen and oxygen atoms in total. The quantitative estimate of drug-likeness (QED) is 0.814. The Hall–Kier alpha value is -3.03. The minimum Gasteiger partial charge on any atom is -0.352 e. The van der Waals surface area contributed by atoms with E-state index >= 15 is 0 Å². The molecule has 1 N–H and O–H groups in total. The number of aromatic nitrogens is 3. The molecule has 1 saturated carbocycles. The van der Waals surface area contributed by atoms with Crippen LogP contribution in [0, 0.1) is 5.92 Å². The second-order valence-corrected chi connectivity index (χ2v) is 7.26. The molecule has 0 atom stereocenters. The van der Waals surface area contributed by atoms with Crippen LogP contribution in [0.1, 0.15) is 40.2 Å². The van der Waals surface area contributed by atoms with Crippen molar-refractivity contribution in [2.45, 2.75) is 19.3 Å². The topological polar surface area (TPSA) is 91.3 Å². The summed E-state index contributed by atoms with van der Waals surface area (Å²) in [5.74, 6) is 1.28. The number of rotatable bonds is 6. The monoisotopic (exact) mass is 380 g/mol. The standard InChI is InChI=1S/C20H24N6O2/c27-19(22-10-8-15-4-5-15)16-6-7-18(24-23-16)25-11-13-26(14-12-25)20(28)17-3-1-2-9-21-17/h1-3,6-7,9,15H,4-5,8,10-14H2,(H,22,27). The highest BCUT2D eigenvalue weighted by Gasteiger charge is 2.24. The lowest BCUT2D eigenvalue weighted by Crippen LogP contribution is -2.49. The average Bonchev–Trinajstić information content (AvgIpc) is 3.58. The Bertz CT molecular complexity index is 814. The zero-order valence-corrected chi connectivity index (χ0v) is 15.8. The van der Waals surface area contributed by atoms with Gasteiger partial charge in [0.25, 0.3) is 11.8 Å². The molecule has 2 aliphatic rings. The predicted molar refractivity (Wildman–Crippen MR) is 104 cm³/mol. The van der Waals surface area contributed by atoms with Gasteiger partial charge in [0.15, 0.2) is 11.5 Å². The Morgan fingerprint density at radius 1 is 1.00 bits per heavy atom. The predicted octanol–water partition coefficient (Wildman–Crippen LogP) is 1.36. The van der Waals surface area contributed by atoms with Crippen molar-refractivity contribution in [2.24, 2.45) is 5.92 Å². The maximum Gasteiger partial charge on any atom is 0.272 e. The number of piperazine rings is 1. The first-order valence-corrected chi connectivity index (χ1v) is 9.78. The third kappa shape index (κ3) is 4.44. The Kier molecular flexibility index (Phi) is 5.45. The minimum absolute atomic E-state index is 0.0513. The lowest BCUT2D eigenvalue weighted by atomic mass is 10.2. The van der Waals surface area contributed by atoms with E-state index in [1.54, 1.807) is 29.3 Å². The summed E-state index contributed by atoms with van der Waals surface area (Å²) in [6, 6.07) is 8.87. The van der Waals surface area contributed by atoms with Gasteiger partial charge in [0.05, 0.1) is 0 Å². The summed E-state index contributed by atoms with van der Waals surface area (Å²) >= 11 is 0. The van der Waals surface area contributed by atoms with E-state index in [1.807, 2.05) is 12.1 Å². The van der Waals surface area contributed by atoms with Crippen LogP contribution in [0.4, 0.5) is 5.82 Å². The SMILES string of the molecule is O=C(NCCC1CC1)c1ccc(N2CCN(C(=O)c3ccccn3)CC2)nn1. The van der Waals surface area contributed by atoms with E-state index in [4.69, 9.17) is 0 Å². The first-order valence-electron chi connectivity index (χ1n) is 9.78. The summed E-state index contributed by atoms with van der Waals surface area (Å²) in [6.45, 7) is 3.22. The average molecular weight is 380 g/mol. The van der Waals surface area contributed by atoms with Crippen molar-refractivity contribution in [3.63, 3.8) is 0 Å². The molecule has 4 rings (SSSR count). The number of amides is 2. The summed E-state index contributed by atoms with van der Waals surface area (Å²) in [4.78, 5) is 32.6. The second-order valence-electron chi connectivity index (χ2n) is 7.26. The lowest BCUT2D eigenvalue weighted by molar-refractivity contribution is 0.0740. The number of pyridine rings is 1. The van der Waals surface area contributed by atoms with Crippen LogP contribution in [0.25, 0.3) is 0 Å². The van der Waals surface area contributed by atoms with E-state index in [9.17, 15) is 9.59 Å². The number of hydrogen-bond donors (Lipinski definition) is 1. The fourth-order valence-electron chi connectivity index (χ4n) is 3.29. The van der Waals surface area contributed by atoms with Crippen molar-refractivity contribution in [1.29, 1.82) is 0 Å². The van der Waals surface area contributed by atoms with Gasteiger partial charge in [-0.15, -0.1) is 10.2 Å². The van der Waals surface area contributed by atoms with E-state index in [1.165, 1.54) is 12.8 Å². The molecule has 0 radical (unpaired) electrons. The van der Waals surface area contributed by atoms with Crippen LogP contribution < -0.4 is 10.2 Å². The number of carbonyl (C=O) groups excluding carboxylic acids is 2. The Balaban J connectivity index is 1.28. The summed E-state index contributed by atoms with van der Waals surface area (Å²) in [5.41, 5.74) is 0.802. The lowest BCUT2D eigenvalue weighted by Gasteiger charge is -2.35. The van der Waals surface area contributed by atoms with Crippen LogP contribution >= 0.6 is 0 Å². The smallest absolute Gasteiger partial charge is 0.272 e. The number of carbonyl (C=O) groups is 2. The molecule has 146 valence electrons. The minimum atomic E-state index is -0.175. The third-order valence-corrected chi connectivity index (χ3v) is 5.19. The molecule has 2 amide bonds. The maximum atomic E-state index is 12.5. The van der Waals surface area contributed by atoms with Gasteiger partial charge in [-0.1, -0.05) is 18.9 Å². The fourth-order valence-corrected chi connectivity index (χ4v) is 3.29. The molecule has 0 spiro atoms. The molecular weight excluding hydrogens is 356 g/mol. The molecule has 0 unspecified atom stereocenters. The maximum absolute atomic E-state index is 12.5. The Morgan fingerprint density at radius 2 is 1.82 bits per heavy atom. The van der Waals surface area contributed by atoms with E-state index in [0.717, 1.165) is 18.2 Å². The molecule has 3 heterocycles. The van der Waals surface area contributed by atoms with E-state index in [-0.39, 0.29) is 11.8 Å².